The van der Waals surface area contributed by atoms with Crippen LogP contribution in [0.25, 0.3) is 38.8 Å². The molecule has 1 aliphatic rings. The van der Waals surface area contributed by atoms with Crippen LogP contribution >= 0.6 is 0 Å². The molecule has 2 heterocycles. The zero-order valence-corrected chi connectivity index (χ0v) is 21.0. The second kappa shape index (κ2) is 8.64. The fourth-order valence-corrected chi connectivity index (χ4v) is 5.62. The van der Waals surface area contributed by atoms with Gasteiger partial charge in [-0.1, -0.05) is 60.7 Å². The fraction of sp³-hybridized carbons (Fsp3) is 0.0909. The first-order chi connectivity index (χ1) is 19.6. The molecule has 2 nitrogen and oxygen atoms in total. The number of benzene rings is 5. The molecule has 1 aromatic heterocycles. The average Bonchev–Trinajstić information content (AvgIpc) is 3.35. The van der Waals surface area contributed by atoms with Crippen molar-refractivity contribution >= 4 is 38.8 Å². The van der Waals surface area contributed by atoms with Gasteiger partial charge in [-0.15, -0.1) is 0 Å². The predicted octanol–water partition coefficient (Wildman–Crippen LogP) is 10.1. The molecule has 0 fully saturated rings. The van der Waals surface area contributed by atoms with Crippen LogP contribution in [0.1, 0.15) is 27.8 Å². The minimum atomic E-state index is -4.72. The van der Waals surface area contributed by atoms with Gasteiger partial charge < -0.3 is 9.15 Å². The minimum Gasteiger partial charge on any atom is -0.472 e. The molecule has 1 atom stereocenters. The normalized spacial score (nSPS) is 17.2. The summed E-state index contributed by atoms with van der Waals surface area (Å²) in [5, 5.41) is 2.02. The lowest BCUT2D eigenvalue weighted by atomic mass is 9.82. The lowest BCUT2D eigenvalue weighted by Crippen LogP contribution is -2.35. The molecule has 1 aliphatic heterocycles. The van der Waals surface area contributed by atoms with Gasteiger partial charge in [-0.2, -0.15) is 26.3 Å². The van der Waals surface area contributed by atoms with E-state index in [9.17, 15) is 26.3 Å². The number of para-hydroxylation sites is 1. The Balaban J connectivity index is 1.53. The van der Waals surface area contributed by atoms with Crippen LogP contribution in [0.4, 0.5) is 26.3 Å². The van der Waals surface area contributed by atoms with Crippen LogP contribution in [0.5, 0.6) is 5.75 Å². The largest absolute Gasteiger partial charge is 0.472 e. The van der Waals surface area contributed by atoms with E-state index in [4.69, 9.17) is 9.15 Å². The molecule has 8 heteroatoms. The van der Waals surface area contributed by atoms with Gasteiger partial charge in [-0.05, 0) is 48.6 Å². The number of alkyl halides is 6. The van der Waals surface area contributed by atoms with Crippen LogP contribution in [-0.4, -0.2) is 0 Å². The Morgan fingerprint density at radius 2 is 1.24 bits per heavy atom. The summed E-state index contributed by atoms with van der Waals surface area (Å²) in [4.78, 5) is 0. The molecule has 0 radical (unpaired) electrons. The van der Waals surface area contributed by atoms with Gasteiger partial charge in [0.2, 0.25) is 0 Å². The second-order valence-electron chi connectivity index (χ2n) is 9.91. The molecule has 7 rings (SSSR count). The van der Waals surface area contributed by atoms with Gasteiger partial charge in [0, 0.05) is 38.2 Å². The maximum atomic E-state index is 14.5. The SMILES string of the molecule is FC(F)(F)c1ccc(C2(c3ccccc3)C=Cc3c(C(F)(F)F)cc4c(ccc5c6ccccc6oc45)c3O2)cc1. The first-order valence-corrected chi connectivity index (χ1v) is 12.7. The molecule has 0 N–H and O–H groups in total. The molecule has 0 aliphatic carbocycles. The highest BCUT2D eigenvalue weighted by Crippen LogP contribution is 2.51. The van der Waals surface area contributed by atoms with Gasteiger partial charge in [-0.3, -0.25) is 0 Å². The Kier molecular flexibility index (Phi) is 5.32. The molecule has 0 saturated carbocycles. The van der Waals surface area contributed by atoms with E-state index in [1.54, 1.807) is 54.6 Å². The molecule has 1 unspecified atom stereocenters. The van der Waals surface area contributed by atoms with Crippen LogP contribution in [0.2, 0.25) is 0 Å². The molecule has 0 saturated heterocycles. The van der Waals surface area contributed by atoms with Gasteiger partial charge in [0.05, 0.1) is 11.1 Å². The first kappa shape index (κ1) is 25.3. The summed E-state index contributed by atoms with van der Waals surface area (Å²) in [6.45, 7) is 0. The molecular formula is C33H18F6O2. The third-order valence-corrected chi connectivity index (χ3v) is 7.55. The molecule has 41 heavy (non-hydrogen) atoms. The summed E-state index contributed by atoms with van der Waals surface area (Å²) in [6, 6.07) is 24.9. The van der Waals surface area contributed by atoms with Crippen molar-refractivity contribution < 1.29 is 35.5 Å². The highest BCUT2D eigenvalue weighted by molar-refractivity contribution is 6.16. The summed E-state index contributed by atoms with van der Waals surface area (Å²) >= 11 is 0. The number of furan rings is 1. The Labute approximate surface area is 229 Å². The van der Waals surface area contributed by atoms with Crippen LogP contribution in [0.3, 0.4) is 0 Å². The van der Waals surface area contributed by atoms with Gasteiger partial charge in [-0.25, -0.2) is 0 Å². The van der Waals surface area contributed by atoms with Crippen LogP contribution in [0.15, 0.2) is 108 Å². The topological polar surface area (TPSA) is 22.4 Å². The lowest BCUT2D eigenvalue weighted by molar-refractivity contribution is -0.138. The quantitative estimate of drug-likeness (QED) is 0.197. The average molecular weight is 560 g/mol. The molecule has 204 valence electrons. The Morgan fingerprint density at radius 1 is 0.585 bits per heavy atom. The van der Waals surface area contributed by atoms with E-state index >= 15 is 0 Å². The maximum Gasteiger partial charge on any atom is 0.417 e. The summed E-state index contributed by atoms with van der Waals surface area (Å²) in [5.41, 5.74) is -1.73. The molecule has 6 aromatic rings. The number of halogens is 6. The van der Waals surface area contributed by atoms with E-state index in [2.05, 4.69) is 0 Å². The summed E-state index contributed by atoms with van der Waals surface area (Å²) < 4.78 is 96.1. The highest BCUT2D eigenvalue weighted by Gasteiger charge is 2.43. The Bertz CT molecular complexity index is 1980. The molecule has 5 aromatic carbocycles. The minimum absolute atomic E-state index is 0.0385. The van der Waals surface area contributed by atoms with E-state index in [1.807, 2.05) is 12.1 Å². The van der Waals surface area contributed by atoms with Gasteiger partial charge in [0.1, 0.15) is 16.9 Å². The highest BCUT2D eigenvalue weighted by atomic mass is 19.4. The molecule has 0 bridgehead atoms. The van der Waals surface area contributed by atoms with Crippen molar-refractivity contribution in [1.29, 1.82) is 0 Å². The number of hydrogen-bond acceptors (Lipinski definition) is 2. The van der Waals surface area contributed by atoms with Crippen LogP contribution < -0.4 is 4.74 Å². The number of ether oxygens (including phenoxy) is 1. The Morgan fingerprint density at radius 3 is 1.95 bits per heavy atom. The third kappa shape index (κ3) is 3.89. The monoisotopic (exact) mass is 560 g/mol. The van der Waals surface area contributed by atoms with Gasteiger partial charge in [0.25, 0.3) is 0 Å². The van der Waals surface area contributed by atoms with Crippen molar-refractivity contribution in [3.8, 4) is 5.75 Å². The lowest BCUT2D eigenvalue weighted by Gasteiger charge is -2.37. The standard InChI is InChI=1S/C33H18F6O2/c34-32(35,36)21-12-10-20(11-13-21)31(19-6-2-1-3-7-19)17-16-25-27(33(37,38)39)18-26-24(30(25)41-31)15-14-23-22-8-4-5-9-28(22)40-29(23)26/h1-18H. The zero-order chi connectivity index (χ0) is 28.6. The van der Waals surface area contributed by atoms with E-state index < -0.39 is 29.1 Å². The smallest absolute Gasteiger partial charge is 0.417 e. The van der Waals surface area contributed by atoms with Crippen LogP contribution in [0, 0.1) is 0 Å². The van der Waals surface area contributed by atoms with E-state index in [0.717, 1.165) is 23.6 Å². The van der Waals surface area contributed by atoms with Crippen molar-refractivity contribution in [2.75, 3.05) is 0 Å². The van der Waals surface area contributed by atoms with Crippen molar-refractivity contribution in [2.45, 2.75) is 18.0 Å². The second-order valence-corrected chi connectivity index (χ2v) is 9.91. The summed E-state index contributed by atoms with van der Waals surface area (Å²) in [6.07, 6.45) is -6.46. The van der Waals surface area contributed by atoms with Crippen molar-refractivity contribution in [3.05, 3.63) is 131 Å². The maximum absolute atomic E-state index is 14.5. The van der Waals surface area contributed by atoms with Crippen molar-refractivity contribution in [3.63, 3.8) is 0 Å². The number of rotatable bonds is 2. The Hall–Kier alpha value is -4.72. The number of fused-ring (bicyclic) bond motifs is 7. The van der Waals surface area contributed by atoms with Crippen molar-refractivity contribution in [2.24, 2.45) is 0 Å². The molecular weight excluding hydrogens is 542 g/mol. The molecule has 0 spiro atoms. The van der Waals surface area contributed by atoms with Gasteiger partial charge in [0.15, 0.2) is 5.60 Å². The first-order valence-electron chi connectivity index (χ1n) is 12.7. The summed E-state index contributed by atoms with van der Waals surface area (Å²) in [5.74, 6) is -0.0385. The van der Waals surface area contributed by atoms with E-state index in [-0.39, 0.29) is 22.3 Å². The van der Waals surface area contributed by atoms with E-state index in [0.29, 0.717) is 27.5 Å². The zero-order valence-electron chi connectivity index (χ0n) is 21.0. The van der Waals surface area contributed by atoms with Crippen LogP contribution in [-0.2, 0) is 18.0 Å². The third-order valence-electron chi connectivity index (χ3n) is 7.55. The summed E-state index contributed by atoms with van der Waals surface area (Å²) in [7, 11) is 0. The molecule has 0 amide bonds. The van der Waals surface area contributed by atoms with E-state index in [1.165, 1.54) is 24.3 Å². The number of hydrogen-bond donors (Lipinski definition) is 0. The predicted molar refractivity (Wildman–Crippen MR) is 145 cm³/mol. The fourth-order valence-electron chi connectivity index (χ4n) is 5.62. The van der Waals surface area contributed by atoms with Crippen molar-refractivity contribution in [1.82, 2.24) is 0 Å². The van der Waals surface area contributed by atoms with Gasteiger partial charge >= 0.3 is 12.4 Å².